The van der Waals surface area contributed by atoms with Crippen molar-refractivity contribution in [3.63, 3.8) is 0 Å². The lowest BCUT2D eigenvalue weighted by molar-refractivity contribution is -0.125. The minimum absolute atomic E-state index is 0.0255. The van der Waals surface area contributed by atoms with Gasteiger partial charge in [0, 0.05) is 25.6 Å². The number of rotatable bonds is 3. The number of amides is 1. The van der Waals surface area contributed by atoms with Gasteiger partial charge in [0.05, 0.1) is 6.04 Å². The monoisotopic (exact) mass is 200 g/mol. The minimum atomic E-state index is -0.0895. The van der Waals surface area contributed by atoms with Crippen molar-refractivity contribution in [2.45, 2.75) is 26.3 Å². The fourth-order valence-corrected chi connectivity index (χ4v) is 1.90. The fourth-order valence-electron chi connectivity index (χ4n) is 1.90. The van der Waals surface area contributed by atoms with E-state index in [9.17, 15) is 9.90 Å². The molecule has 4 heteroatoms. The standard InChI is InChI=1S/C10H20N2O2/c1-8(9(14)11-3)12-5-4-10(2,6-12)7-13/h8,13H,4-7H2,1-3H3,(H,11,14). The molecule has 0 aromatic rings. The molecule has 4 nitrogen and oxygen atoms in total. The van der Waals surface area contributed by atoms with Gasteiger partial charge in [0.1, 0.15) is 0 Å². The molecular formula is C10H20N2O2. The Hall–Kier alpha value is -0.610. The van der Waals surface area contributed by atoms with Crippen LogP contribution in [-0.2, 0) is 4.79 Å². The SMILES string of the molecule is CNC(=O)C(C)N1CCC(C)(CO)C1. The highest BCUT2D eigenvalue weighted by Gasteiger charge is 2.36. The molecular weight excluding hydrogens is 180 g/mol. The van der Waals surface area contributed by atoms with Gasteiger partial charge in [-0.15, -0.1) is 0 Å². The maximum absolute atomic E-state index is 11.4. The Kier molecular flexibility index (Phi) is 3.50. The highest BCUT2D eigenvalue weighted by Crippen LogP contribution is 2.30. The number of hydrogen-bond donors (Lipinski definition) is 2. The second-order valence-corrected chi connectivity index (χ2v) is 4.48. The highest BCUT2D eigenvalue weighted by atomic mass is 16.3. The second-order valence-electron chi connectivity index (χ2n) is 4.48. The van der Waals surface area contributed by atoms with Gasteiger partial charge in [-0.25, -0.2) is 0 Å². The molecule has 0 radical (unpaired) electrons. The second kappa shape index (κ2) is 4.28. The number of carbonyl (C=O) groups is 1. The van der Waals surface area contributed by atoms with Crippen molar-refractivity contribution in [1.29, 1.82) is 0 Å². The van der Waals surface area contributed by atoms with Crippen molar-refractivity contribution >= 4 is 5.91 Å². The quantitative estimate of drug-likeness (QED) is 0.665. The van der Waals surface area contributed by atoms with E-state index in [4.69, 9.17) is 0 Å². The first-order valence-corrected chi connectivity index (χ1v) is 5.09. The Morgan fingerprint density at radius 1 is 1.71 bits per heavy atom. The number of aliphatic hydroxyl groups is 1. The first-order chi connectivity index (χ1) is 6.52. The van der Waals surface area contributed by atoms with Crippen LogP contribution in [0, 0.1) is 5.41 Å². The van der Waals surface area contributed by atoms with Crippen LogP contribution in [0.15, 0.2) is 0 Å². The zero-order valence-corrected chi connectivity index (χ0v) is 9.21. The van der Waals surface area contributed by atoms with E-state index in [1.54, 1.807) is 7.05 Å². The van der Waals surface area contributed by atoms with Crippen LogP contribution in [0.5, 0.6) is 0 Å². The third kappa shape index (κ3) is 2.25. The molecule has 1 heterocycles. The topological polar surface area (TPSA) is 52.6 Å². The minimum Gasteiger partial charge on any atom is -0.396 e. The summed E-state index contributed by atoms with van der Waals surface area (Å²) < 4.78 is 0. The number of hydrogen-bond acceptors (Lipinski definition) is 3. The van der Waals surface area contributed by atoms with Crippen molar-refractivity contribution in [3.8, 4) is 0 Å². The molecule has 0 aromatic carbocycles. The van der Waals surface area contributed by atoms with Crippen LogP contribution in [-0.4, -0.2) is 48.7 Å². The summed E-state index contributed by atoms with van der Waals surface area (Å²) in [6.45, 7) is 5.86. The average Bonchev–Trinajstić information content (AvgIpc) is 2.59. The maximum atomic E-state index is 11.4. The number of likely N-dealkylation sites (tertiary alicyclic amines) is 1. The average molecular weight is 200 g/mol. The molecule has 2 atom stereocenters. The largest absolute Gasteiger partial charge is 0.396 e. The molecule has 1 fully saturated rings. The number of likely N-dealkylation sites (N-methyl/N-ethyl adjacent to an activating group) is 1. The molecule has 1 rings (SSSR count). The Labute approximate surface area is 85.3 Å². The van der Waals surface area contributed by atoms with Crippen molar-refractivity contribution in [2.75, 3.05) is 26.7 Å². The van der Waals surface area contributed by atoms with Crippen LogP contribution in [0.2, 0.25) is 0 Å². The lowest BCUT2D eigenvalue weighted by Gasteiger charge is -2.25. The smallest absolute Gasteiger partial charge is 0.236 e. The Morgan fingerprint density at radius 3 is 2.79 bits per heavy atom. The molecule has 2 N–H and O–H groups in total. The van der Waals surface area contributed by atoms with E-state index < -0.39 is 0 Å². The molecule has 1 aliphatic rings. The number of carbonyl (C=O) groups excluding carboxylic acids is 1. The van der Waals surface area contributed by atoms with Crippen molar-refractivity contribution in [3.05, 3.63) is 0 Å². The van der Waals surface area contributed by atoms with Gasteiger partial charge in [-0.05, 0) is 19.9 Å². The van der Waals surface area contributed by atoms with Gasteiger partial charge in [-0.3, -0.25) is 9.69 Å². The van der Waals surface area contributed by atoms with Crippen molar-refractivity contribution in [2.24, 2.45) is 5.41 Å². The van der Waals surface area contributed by atoms with E-state index in [1.807, 2.05) is 6.92 Å². The summed E-state index contributed by atoms with van der Waals surface area (Å²) in [5, 5.41) is 11.8. The highest BCUT2D eigenvalue weighted by molar-refractivity contribution is 5.81. The lowest BCUT2D eigenvalue weighted by atomic mass is 9.91. The number of nitrogens with zero attached hydrogens (tertiary/aromatic N) is 1. The van der Waals surface area contributed by atoms with E-state index in [0.717, 1.165) is 19.5 Å². The third-order valence-corrected chi connectivity index (χ3v) is 3.14. The first-order valence-electron chi connectivity index (χ1n) is 5.09. The van der Waals surface area contributed by atoms with Gasteiger partial charge in [0.2, 0.25) is 5.91 Å². The molecule has 0 aliphatic carbocycles. The molecule has 0 bridgehead atoms. The van der Waals surface area contributed by atoms with E-state index in [2.05, 4.69) is 17.1 Å². The zero-order chi connectivity index (χ0) is 10.8. The van der Waals surface area contributed by atoms with Gasteiger partial charge in [-0.2, -0.15) is 0 Å². The predicted octanol–water partition coefficient (Wildman–Crippen LogP) is -0.175. The normalized spacial score (nSPS) is 30.3. The summed E-state index contributed by atoms with van der Waals surface area (Å²) >= 11 is 0. The summed E-state index contributed by atoms with van der Waals surface area (Å²) in [5.41, 5.74) is -0.0255. The molecule has 1 aliphatic heterocycles. The molecule has 0 spiro atoms. The Balaban J connectivity index is 2.53. The molecule has 14 heavy (non-hydrogen) atoms. The molecule has 2 unspecified atom stereocenters. The van der Waals surface area contributed by atoms with Crippen LogP contribution < -0.4 is 5.32 Å². The van der Waals surface area contributed by atoms with Gasteiger partial charge in [0.15, 0.2) is 0 Å². The van der Waals surface area contributed by atoms with Gasteiger partial charge in [0.25, 0.3) is 0 Å². The van der Waals surface area contributed by atoms with E-state index in [-0.39, 0.29) is 24.0 Å². The van der Waals surface area contributed by atoms with Gasteiger partial charge in [-0.1, -0.05) is 6.92 Å². The van der Waals surface area contributed by atoms with Crippen LogP contribution in [0.1, 0.15) is 20.3 Å². The third-order valence-electron chi connectivity index (χ3n) is 3.14. The summed E-state index contributed by atoms with van der Waals surface area (Å²) in [4.78, 5) is 13.5. The van der Waals surface area contributed by atoms with Crippen LogP contribution in [0.4, 0.5) is 0 Å². The number of aliphatic hydroxyl groups excluding tert-OH is 1. The maximum Gasteiger partial charge on any atom is 0.236 e. The predicted molar refractivity (Wildman–Crippen MR) is 54.9 cm³/mol. The lowest BCUT2D eigenvalue weighted by Crippen LogP contribution is -2.43. The molecule has 0 aromatic heterocycles. The zero-order valence-electron chi connectivity index (χ0n) is 9.21. The summed E-state index contributed by atoms with van der Waals surface area (Å²) in [6.07, 6.45) is 0.963. The summed E-state index contributed by atoms with van der Waals surface area (Å²) in [6, 6.07) is -0.0895. The first kappa shape index (κ1) is 11.5. The Bertz CT molecular complexity index is 220. The summed E-state index contributed by atoms with van der Waals surface area (Å²) in [5.74, 6) is 0.0483. The van der Waals surface area contributed by atoms with E-state index in [1.165, 1.54) is 0 Å². The van der Waals surface area contributed by atoms with Crippen LogP contribution in [0.3, 0.4) is 0 Å². The van der Waals surface area contributed by atoms with Gasteiger partial charge < -0.3 is 10.4 Å². The van der Waals surface area contributed by atoms with Crippen molar-refractivity contribution < 1.29 is 9.90 Å². The van der Waals surface area contributed by atoms with E-state index >= 15 is 0 Å². The fraction of sp³-hybridized carbons (Fsp3) is 0.900. The molecule has 0 saturated carbocycles. The molecule has 82 valence electrons. The van der Waals surface area contributed by atoms with Crippen molar-refractivity contribution in [1.82, 2.24) is 10.2 Å². The number of nitrogens with one attached hydrogen (secondary N) is 1. The molecule has 1 saturated heterocycles. The summed E-state index contributed by atoms with van der Waals surface area (Å²) in [7, 11) is 1.65. The van der Waals surface area contributed by atoms with Gasteiger partial charge >= 0.3 is 0 Å². The van der Waals surface area contributed by atoms with E-state index in [0.29, 0.717) is 0 Å². The Morgan fingerprint density at radius 2 is 2.36 bits per heavy atom. The van der Waals surface area contributed by atoms with Crippen LogP contribution in [0.25, 0.3) is 0 Å². The van der Waals surface area contributed by atoms with Crippen LogP contribution >= 0.6 is 0 Å². The molecule has 1 amide bonds.